The van der Waals surface area contributed by atoms with Crippen molar-refractivity contribution in [3.05, 3.63) is 75.9 Å². The van der Waals surface area contributed by atoms with E-state index in [1.54, 1.807) is 4.90 Å². The first-order valence-corrected chi connectivity index (χ1v) is 12.1. The monoisotopic (exact) mass is 445 g/mol. The summed E-state index contributed by atoms with van der Waals surface area (Å²) in [7, 11) is 0. The first kappa shape index (κ1) is 23.3. The Kier molecular flexibility index (Phi) is 6.22. The van der Waals surface area contributed by atoms with E-state index in [-0.39, 0.29) is 22.8 Å². The van der Waals surface area contributed by atoms with Gasteiger partial charge < -0.3 is 10.0 Å². The minimum absolute atomic E-state index is 0.0213. The van der Waals surface area contributed by atoms with E-state index in [9.17, 15) is 14.7 Å². The van der Waals surface area contributed by atoms with Crippen LogP contribution in [0.2, 0.25) is 0 Å². The van der Waals surface area contributed by atoms with Gasteiger partial charge in [-0.05, 0) is 54.9 Å². The molecule has 4 rings (SSSR count). The molecule has 1 aliphatic carbocycles. The fourth-order valence-corrected chi connectivity index (χ4v) is 5.24. The molecule has 1 N–H and O–H groups in total. The zero-order chi connectivity index (χ0) is 23.9. The summed E-state index contributed by atoms with van der Waals surface area (Å²) in [6.45, 7) is 10.3. The lowest BCUT2D eigenvalue weighted by Gasteiger charge is -2.35. The highest BCUT2D eigenvalue weighted by atomic mass is 16.3. The number of hydrogen-bond donors (Lipinski definition) is 1. The van der Waals surface area contributed by atoms with Crippen molar-refractivity contribution in [2.24, 2.45) is 0 Å². The van der Waals surface area contributed by atoms with Crippen molar-refractivity contribution in [1.29, 1.82) is 0 Å². The van der Waals surface area contributed by atoms with Gasteiger partial charge in [-0.1, -0.05) is 82.0 Å². The number of carbonyl (C=O) groups excluding carboxylic acids is 2. The van der Waals surface area contributed by atoms with E-state index in [2.05, 4.69) is 26.8 Å². The number of aryl methyl sites for hydroxylation is 2. The minimum Gasteiger partial charge on any atom is -0.507 e. The Bertz CT molecular complexity index is 1120. The van der Waals surface area contributed by atoms with Gasteiger partial charge in [0.05, 0.1) is 11.6 Å². The number of aliphatic hydroxyl groups excluding tert-OH is 1. The third-order valence-corrected chi connectivity index (χ3v) is 7.16. The molecule has 4 heteroatoms. The van der Waals surface area contributed by atoms with Crippen LogP contribution in [0.25, 0.3) is 5.76 Å². The Labute approximate surface area is 197 Å². The molecule has 1 amide bonds. The molecule has 1 saturated carbocycles. The summed E-state index contributed by atoms with van der Waals surface area (Å²) in [5.74, 6) is -1.13. The van der Waals surface area contributed by atoms with Crippen LogP contribution in [-0.4, -0.2) is 27.7 Å². The predicted molar refractivity (Wildman–Crippen MR) is 132 cm³/mol. The van der Waals surface area contributed by atoms with Crippen LogP contribution in [0.5, 0.6) is 0 Å². The van der Waals surface area contributed by atoms with E-state index in [0.29, 0.717) is 5.56 Å². The highest BCUT2D eigenvalue weighted by Gasteiger charge is 2.49. The largest absolute Gasteiger partial charge is 0.507 e. The number of nitrogens with zero attached hydrogens (tertiary/aromatic N) is 1. The van der Waals surface area contributed by atoms with Gasteiger partial charge in [0.1, 0.15) is 5.76 Å². The molecule has 4 nitrogen and oxygen atoms in total. The molecule has 2 fully saturated rings. The maximum absolute atomic E-state index is 13.4. The number of aliphatic hydroxyl groups is 1. The fourth-order valence-electron chi connectivity index (χ4n) is 5.24. The summed E-state index contributed by atoms with van der Waals surface area (Å²) in [6.07, 6.45) is 5.07. The van der Waals surface area contributed by atoms with Gasteiger partial charge in [0.15, 0.2) is 0 Å². The minimum atomic E-state index is -0.579. The Morgan fingerprint density at radius 3 is 2.30 bits per heavy atom. The summed E-state index contributed by atoms with van der Waals surface area (Å²) >= 11 is 0. The SMILES string of the molecule is Cc1cccc(C2/C(=C(\O)c3cc(C(C)(C)C)ccc3C)C(=O)C(=O)N2C2CCCCC2)c1. The molecule has 2 aliphatic rings. The fraction of sp³-hybridized carbons (Fsp3) is 0.448. The number of hydrogen-bond acceptors (Lipinski definition) is 3. The molecule has 1 heterocycles. The van der Waals surface area contributed by atoms with Crippen molar-refractivity contribution < 1.29 is 14.7 Å². The molecule has 0 bridgehead atoms. The van der Waals surface area contributed by atoms with Gasteiger partial charge in [-0.3, -0.25) is 9.59 Å². The van der Waals surface area contributed by atoms with Crippen LogP contribution in [0.3, 0.4) is 0 Å². The number of amides is 1. The second kappa shape index (κ2) is 8.81. The molecule has 0 radical (unpaired) electrons. The van der Waals surface area contributed by atoms with E-state index in [1.165, 1.54) is 0 Å². The Hall–Kier alpha value is -2.88. The molecule has 0 spiro atoms. The first-order valence-electron chi connectivity index (χ1n) is 12.1. The van der Waals surface area contributed by atoms with Gasteiger partial charge in [0.2, 0.25) is 0 Å². The van der Waals surface area contributed by atoms with Crippen molar-refractivity contribution in [1.82, 2.24) is 4.90 Å². The Morgan fingerprint density at radius 2 is 1.67 bits per heavy atom. The van der Waals surface area contributed by atoms with Gasteiger partial charge in [-0.15, -0.1) is 0 Å². The van der Waals surface area contributed by atoms with Gasteiger partial charge in [-0.25, -0.2) is 0 Å². The van der Waals surface area contributed by atoms with Crippen LogP contribution in [0.15, 0.2) is 48.0 Å². The van der Waals surface area contributed by atoms with Crippen molar-refractivity contribution in [3.8, 4) is 0 Å². The predicted octanol–water partition coefficient (Wildman–Crippen LogP) is 6.36. The van der Waals surface area contributed by atoms with Crippen LogP contribution in [0.1, 0.15) is 86.7 Å². The smallest absolute Gasteiger partial charge is 0.295 e. The third-order valence-electron chi connectivity index (χ3n) is 7.16. The standard InChI is InChI=1S/C29H35NO3/c1-18-10-9-11-20(16-18)25-24(27(32)28(33)30(25)22-12-7-6-8-13-22)26(31)23-17-21(29(3,4)5)15-14-19(23)2/h9-11,14-17,22,25,31H,6-8,12-13H2,1-5H3/b26-24+. The molecule has 1 atom stereocenters. The average molecular weight is 446 g/mol. The third kappa shape index (κ3) is 4.36. The highest BCUT2D eigenvalue weighted by molar-refractivity contribution is 6.46. The first-order chi connectivity index (χ1) is 15.6. The van der Waals surface area contributed by atoms with Crippen LogP contribution < -0.4 is 0 Å². The van der Waals surface area contributed by atoms with E-state index < -0.39 is 17.7 Å². The summed E-state index contributed by atoms with van der Waals surface area (Å²) in [5, 5.41) is 11.6. The van der Waals surface area contributed by atoms with Crippen molar-refractivity contribution in [2.75, 3.05) is 0 Å². The summed E-state index contributed by atoms with van der Waals surface area (Å²) in [6, 6.07) is 13.4. The Balaban J connectivity index is 1.92. The van der Waals surface area contributed by atoms with Gasteiger partial charge in [-0.2, -0.15) is 0 Å². The molecular formula is C29H35NO3. The summed E-state index contributed by atoms with van der Waals surface area (Å²) < 4.78 is 0. The van der Waals surface area contributed by atoms with Gasteiger partial charge in [0.25, 0.3) is 11.7 Å². The van der Waals surface area contributed by atoms with Crippen molar-refractivity contribution in [3.63, 3.8) is 0 Å². The van der Waals surface area contributed by atoms with E-state index in [4.69, 9.17) is 0 Å². The molecule has 1 unspecified atom stereocenters. The Morgan fingerprint density at radius 1 is 0.970 bits per heavy atom. The zero-order valence-electron chi connectivity index (χ0n) is 20.4. The zero-order valence-corrected chi connectivity index (χ0v) is 20.4. The number of benzene rings is 2. The quantitative estimate of drug-likeness (QED) is 0.340. The van der Waals surface area contributed by atoms with E-state index >= 15 is 0 Å². The molecule has 2 aromatic carbocycles. The topological polar surface area (TPSA) is 57.6 Å². The normalized spacial score (nSPS) is 21.6. The van der Waals surface area contributed by atoms with E-state index in [0.717, 1.165) is 54.4 Å². The number of Topliss-reactive ketones (excluding diaryl/α,β-unsaturated/α-hetero) is 1. The second-order valence-corrected chi connectivity index (χ2v) is 10.7. The number of rotatable bonds is 3. The molecule has 1 aliphatic heterocycles. The molecule has 0 aromatic heterocycles. The van der Waals surface area contributed by atoms with Crippen LogP contribution in [0, 0.1) is 13.8 Å². The maximum atomic E-state index is 13.4. The number of ketones is 1. The lowest BCUT2D eigenvalue weighted by molar-refractivity contribution is -0.141. The maximum Gasteiger partial charge on any atom is 0.295 e. The van der Waals surface area contributed by atoms with Crippen molar-refractivity contribution >= 4 is 17.4 Å². The highest BCUT2D eigenvalue weighted by Crippen LogP contribution is 2.43. The molecule has 2 aromatic rings. The van der Waals surface area contributed by atoms with Crippen LogP contribution >= 0.6 is 0 Å². The van der Waals surface area contributed by atoms with Crippen LogP contribution in [0.4, 0.5) is 0 Å². The average Bonchev–Trinajstić information content (AvgIpc) is 3.04. The molecule has 33 heavy (non-hydrogen) atoms. The second-order valence-electron chi connectivity index (χ2n) is 10.7. The molecular weight excluding hydrogens is 410 g/mol. The van der Waals surface area contributed by atoms with Crippen molar-refractivity contribution in [2.45, 2.75) is 84.2 Å². The summed E-state index contributed by atoms with van der Waals surface area (Å²) in [4.78, 5) is 28.6. The van der Waals surface area contributed by atoms with Crippen LogP contribution in [-0.2, 0) is 15.0 Å². The lowest BCUT2D eigenvalue weighted by Crippen LogP contribution is -2.40. The molecule has 174 valence electrons. The van der Waals surface area contributed by atoms with E-state index in [1.807, 2.05) is 50.2 Å². The van der Waals surface area contributed by atoms with Gasteiger partial charge >= 0.3 is 0 Å². The number of carbonyl (C=O) groups is 2. The number of likely N-dealkylation sites (tertiary alicyclic amines) is 1. The lowest BCUT2D eigenvalue weighted by atomic mass is 9.84. The van der Waals surface area contributed by atoms with Gasteiger partial charge in [0, 0.05) is 11.6 Å². The molecule has 1 saturated heterocycles. The summed E-state index contributed by atoms with van der Waals surface area (Å²) in [5.41, 5.74) is 4.63.